The number of hydrogen-bond acceptors (Lipinski definition) is 3. The molecule has 0 aliphatic carbocycles. The average molecular weight is 249 g/mol. The van der Waals surface area contributed by atoms with E-state index < -0.39 is 0 Å². The van der Waals surface area contributed by atoms with Crippen molar-refractivity contribution >= 4 is 15.9 Å². The molecule has 0 spiro atoms. The molecule has 3 nitrogen and oxygen atoms in total. The largest absolute Gasteiger partial charge is 0.374 e. The predicted octanol–water partition coefficient (Wildman–Crippen LogP) is 0.815. The molecule has 0 radical (unpaired) electrons. The van der Waals surface area contributed by atoms with E-state index in [0.29, 0.717) is 6.10 Å². The number of halogens is 1. The highest BCUT2D eigenvalue weighted by molar-refractivity contribution is 9.11. The number of likely N-dealkylation sites (N-methyl/N-ethyl adjacent to an activating group) is 1. The number of nitrogens with one attached hydrogen (secondary N) is 1. The molecule has 0 amide bonds. The molecular weight excluding hydrogens is 232 g/mol. The summed E-state index contributed by atoms with van der Waals surface area (Å²) in [6.07, 6.45) is 0.325. The quantitative estimate of drug-likeness (QED) is 0.798. The Bertz CT molecular complexity index is 175. The maximum atomic E-state index is 5.58. The van der Waals surface area contributed by atoms with Crippen LogP contribution in [0.2, 0.25) is 0 Å². The molecule has 1 rings (SSSR count). The second kappa shape index (κ2) is 5.75. The summed E-state index contributed by atoms with van der Waals surface area (Å²) in [6, 6.07) is 0. The first-order valence-corrected chi connectivity index (χ1v) is 5.32. The Morgan fingerprint density at radius 3 is 3.15 bits per heavy atom. The summed E-state index contributed by atoms with van der Waals surface area (Å²) in [5.41, 5.74) is 0. The second-order valence-electron chi connectivity index (χ2n) is 3.40. The smallest absolute Gasteiger partial charge is 0.0826 e. The Hall–Kier alpha value is 0.1000. The molecule has 0 saturated carbocycles. The SMILES string of the molecule is C=C(Br)CNCC1CN(C)CCO1. The van der Waals surface area contributed by atoms with E-state index in [-0.39, 0.29) is 0 Å². The lowest BCUT2D eigenvalue weighted by molar-refractivity contribution is -0.0176. The van der Waals surface area contributed by atoms with Crippen molar-refractivity contribution in [3.8, 4) is 0 Å². The zero-order valence-electron chi connectivity index (χ0n) is 8.05. The summed E-state index contributed by atoms with van der Waals surface area (Å²) in [4.78, 5) is 2.29. The van der Waals surface area contributed by atoms with Gasteiger partial charge in [-0.15, -0.1) is 0 Å². The molecule has 1 fully saturated rings. The molecule has 0 aromatic rings. The van der Waals surface area contributed by atoms with Crippen LogP contribution in [0.3, 0.4) is 0 Å². The molecule has 13 heavy (non-hydrogen) atoms. The summed E-state index contributed by atoms with van der Waals surface area (Å²) >= 11 is 3.30. The van der Waals surface area contributed by atoms with Gasteiger partial charge in [-0.05, 0) is 7.05 Å². The standard InChI is InChI=1S/C9H17BrN2O/c1-8(10)5-11-6-9-7-12(2)3-4-13-9/h9,11H,1,3-7H2,2H3. The summed E-state index contributed by atoms with van der Waals surface area (Å²) in [6.45, 7) is 8.37. The molecule has 76 valence electrons. The lowest BCUT2D eigenvalue weighted by atomic mass is 10.3. The van der Waals surface area contributed by atoms with Crippen molar-refractivity contribution in [2.75, 3.05) is 39.8 Å². The van der Waals surface area contributed by atoms with Crippen molar-refractivity contribution in [3.63, 3.8) is 0 Å². The molecule has 1 heterocycles. The van der Waals surface area contributed by atoms with Crippen molar-refractivity contribution in [2.45, 2.75) is 6.10 Å². The third-order valence-electron chi connectivity index (χ3n) is 2.03. The minimum absolute atomic E-state index is 0.325. The van der Waals surface area contributed by atoms with E-state index in [1.54, 1.807) is 0 Å². The zero-order valence-corrected chi connectivity index (χ0v) is 9.64. The van der Waals surface area contributed by atoms with Crippen LogP contribution in [0.15, 0.2) is 11.1 Å². The molecule has 0 bridgehead atoms. The van der Waals surface area contributed by atoms with Crippen LogP contribution in [0.1, 0.15) is 0 Å². The third-order valence-corrected chi connectivity index (χ3v) is 2.31. The minimum atomic E-state index is 0.325. The first kappa shape index (κ1) is 11.2. The van der Waals surface area contributed by atoms with Crippen molar-refractivity contribution in [1.82, 2.24) is 10.2 Å². The summed E-state index contributed by atoms with van der Waals surface area (Å²) in [5.74, 6) is 0. The van der Waals surface area contributed by atoms with Gasteiger partial charge in [-0.25, -0.2) is 0 Å². The monoisotopic (exact) mass is 248 g/mol. The normalized spacial score (nSPS) is 24.6. The van der Waals surface area contributed by atoms with Gasteiger partial charge in [-0.2, -0.15) is 0 Å². The fraction of sp³-hybridized carbons (Fsp3) is 0.778. The summed E-state index contributed by atoms with van der Waals surface area (Å²) in [7, 11) is 2.12. The van der Waals surface area contributed by atoms with Crippen LogP contribution in [-0.4, -0.2) is 50.8 Å². The van der Waals surface area contributed by atoms with Crippen LogP contribution in [0.5, 0.6) is 0 Å². The van der Waals surface area contributed by atoms with Gasteiger partial charge < -0.3 is 15.0 Å². The molecule has 0 aromatic heterocycles. The van der Waals surface area contributed by atoms with Crippen molar-refractivity contribution < 1.29 is 4.74 Å². The van der Waals surface area contributed by atoms with E-state index in [1.807, 2.05) is 0 Å². The fourth-order valence-corrected chi connectivity index (χ4v) is 1.56. The Balaban J connectivity index is 2.10. The van der Waals surface area contributed by atoms with Crippen LogP contribution >= 0.6 is 15.9 Å². The van der Waals surface area contributed by atoms with E-state index in [1.165, 1.54) is 0 Å². The summed E-state index contributed by atoms with van der Waals surface area (Å²) in [5, 5.41) is 3.28. The lowest BCUT2D eigenvalue weighted by Gasteiger charge is -2.30. The highest BCUT2D eigenvalue weighted by Crippen LogP contribution is 2.02. The number of nitrogens with zero attached hydrogens (tertiary/aromatic N) is 1. The van der Waals surface area contributed by atoms with Crippen molar-refractivity contribution in [1.29, 1.82) is 0 Å². The van der Waals surface area contributed by atoms with E-state index >= 15 is 0 Å². The van der Waals surface area contributed by atoms with Crippen LogP contribution < -0.4 is 5.32 Å². The third kappa shape index (κ3) is 4.76. The van der Waals surface area contributed by atoms with Crippen molar-refractivity contribution in [3.05, 3.63) is 11.1 Å². The molecule has 0 aromatic carbocycles. The van der Waals surface area contributed by atoms with Crippen molar-refractivity contribution in [2.24, 2.45) is 0 Å². The Kier molecular flexibility index (Phi) is 4.94. The van der Waals surface area contributed by atoms with Crippen LogP contribution in [0.25, 0.3) is 0 Å². The number of hydrogen-bond donors (Lipinski definition) is 1. The molecule has 1 N–H and O–H groups in total. The van der Waals surface area contributed by atoms with E-state index in [9.17, 15) is 0 Å². The fourth-order valence-electron chi connectivity index (χ4n) is 1.36. The van der Waals surface area contributed by atoms with Gasteiger partial charge in [0, 0.05) is 30.7 Å². The van der Waals surface area contributed by atoms with Gasteiger partial charge in [-0.3, -0.25) is 0 Å². The molecular formula is C9H17BrN2O. The maximum Gasteiger partial charge on any atom is 0.0826 e. The number of rotatable bonds is 4. The number of ether oxygens (including phenoxy) is 1. The van der Waals surface area contributed by atoms with E-state index in [2.05, 4.69) is 39.8 Å². The number of morpholine rings is 1. The van der Waals surface area contributed by atoms with Gasteiger partial charge in [-0.1, -0.05) is 22.5 Å². The molecule has 1 aliphatic heterocycles. The van der Waals surface area contributed by atoms with E-state index in [4.69, 9.17) is 4.74 Å². The Morgan fingerprint density at radius 1 is 1.77 bits per heavy atom. The molecule has 1 aliphatic rings. The van der Waals surface area contributed by atoms with Gasteiger partial charge >= 0.3 is 0 Å². The average Bonchev–Trinajstić information content (AvgIpc) is 2.03. The maximum absolute atomic E-state index is 5.58. The topological polar surface area (TPSA) is 24.5 Å². The van der Waals surface area contributed by atoms with Gasteiger partial charge in [0.1, 0.15) is 0 Å². The van der Waals surface area contributed by atoms with Gasteiger partial charge in [0.15, 0.2) is 0 Å². The highest BCUT2D eigenvalue weighted by atomic mass is 79.9. The zero-order chi connectivity index (χ0) is 9.68. The predicted molar refractivity (Wildman–Crippen MR) is 58.2 cm³/mol. The van der Waals surface area contributed by atoms with Crippen LogP contribution in [0, 0.1) is 0 Å². The first-order chi connectivity index (χ1) is 6.18. The van der Waals surface area contributed by atoms with E-state index in [0.717, 1.165) is 37.3 Å². The molecule has 1 saturated heterocycles. The molecule has 1 unspecified atom stereocenters. The summed E-state index contributed by atoms with van der Waals surface area (Å²) < 4.78 is 6.56. The first-order valence-electron chi connectivity index (χ1n) is 4.52. The van der Waals surface area contributed by atoms with Gasteiger partial charge in [0.2, 0.25) is 0 Å². The van der Waals surface area contributed by atoms with Crippen LogP contribution in [-0.2, 0) is 4.74 Å². The minimum Gasteiger partial charge on any atom is -0.374 e. The molecule has 4 heteroatoms. The Morgan fingerprint density at radius 2 is 2.54 bits per heavy atom. The molecule has 1 atom stereocenters. The van der Waals surface area contributed by atoms with Crippen LogP contribution in [0.4, 0.5) is 0 Å². The Labute approximate surface area is 88.3 Å². The van der Waals surface area contributed by atoms with Gasteiger partial charge in [0.25, 0.3) is 0 Å². The lowest BCUT2D eigenvalue weighted by Crippen LogP contribution is -2.44. The highest BCUT2D eigenvalue weighted by Gasteiger charge is 2.16. The van der Waals surface area contributed by atoms with Gasteiger partial charge in [0.05, 0.1) is 12.7 Å². The second-order valence-corrected chi connectivity index (χ2v) is 4.52.